The molecule has 1 fully saturated rings. The number of nitrogens with zero attached hydrogens (tertiary/aromatic N) is 2. The number of hydrogen-bond donors (Lipinski definition) is 1. The van der Waals surface area contributed by atoms with Crippen molar-refractivity contribution in [2.24, 2.45) is 7.05 Å². The summed E-state index contributed by atoms with van der Waals surface area (Å²) in [4.78, 5) is 24.4. The van der Waals surface area contributed by atoms with E-state index in [9.17, 15) is 14.7 Å². The molecule has 7 heteroatoms. The molecule has 3 heterocycles. The lowest BCUT2D eigenvalue weighted by molar-refractivity contribution is -0.671. The van der Waals surface area contributed by atoms with E-state index in [2.05, 4.69) is 0 Å². The average Bonchev–Trinajstić information content (AvgIpc) is 2.37. The number of aromatic nitrogens is 1. The molecule has 0 radical (unpaired) electrons. The number of fused-ring (bicyclic) bond motifs is 1. The van der Waals surface area contributed by atoms with Gasteiger partial charge in [-0.2, -0.15) is 0 Å². The van der Waals surface area contributed by atoms with Crippen LogP contribution in [0, 0.1) is 0 Å². The van der Waals surface area contributed by atoms with Crippen LogP contribution in [0.3, 0.4) is 0 Å². The molecule has 1 saturated heterocycles. The number of carboxylic acids is 1. The Morgan fingerprint density at radius 1 is 1.55 bits per heavy atom. The van der Waals surface area contributed by atoms with Gasteiger partial charge < -0.3 is 22.4 Å². The van der Waals surface area contributed by atoms with Crippen molar-refractivity contribution in [2.75, 3.05) is 5.75 Å². The Labute approximate surface area is 126 Å². The SMILES string of the molecule is C[n+]1ccc(C(=O)O)c(C2=CN3C(=O)C[C@H]3SC2)c1.[Cl-]. The van der Waals surface area contributed by atoms with Gasteiger partial charge in [-0.25, -0.2) is 9.36 Å². The molecule has 0 unspecified atom stereocenters. The number of amides is 1. The van der Waals surface area contributed by atoms with Crippen LogP contribution in [0.2, 0.25) is 0 Å². The van der Waals surface area contributed by atoms with Crippen LogP contribution in [0.5, 0.6) is 0 Å². The van der Waals surface area contributed by atoms with Crippen LogP contribution in [0.1, 0.15) is 22.3 Å². The Hall–Kier alpha value is -1.53. The van der Waals surface area contributed by atoms with E-state index in [1.165, 1.54) is 0 Å². The fourth-order valence-electron chi connectivity index (χ4n) is 2.27. The van der Waals surface area contributed by atoms with Crippen LogP contribution < -0.4 is 17.0 Å². The lowest BCUT2D eigenvalue weighted by atomic mass is 10.0. The smallest absolute Gasteiger partial charge is 0.336 e. The van der Waals surface area contributed by atoms with Gasteiger partial charge in [0, 0.05) is 18.0 Å². The summed E-state index contributed by atoms with van der Waals surface area (Å²) in [6.07, 6.45) is 5.89. The highest BCUT2D eigenvalue weighted by Gasteiger charge is 2.38. The predicted molar refractivity (Wildman–Crippen MR) is 70.3 cm³/mol. The second-order valence-electron chi connectivity index (χ2n) is 4.67. The number of β-lactam (4-membered cyclic amide) rings is 1. The molecule has 1 atom stereocenters. The molecule has 2 aliphatic rings. The standard InChI is InChI=1S/C13H12N2O3S.ClH/c1-14-3-2-9(13(17)18)10(6-14)8-5-15-11(16)4-12(15)19-7-8;/h2-3,5-6,12H,4,7H2,1H3;1H/t12-;/m1./s1. The van der Waals surface area contributed by atoms with Crippen molar-refractivity contribution in [2.45, 2.75) is 11.8 Å². The van der Waals surface area contributed by atoms with Gasteiger partial charge in [0.1, 0.15) is 7.05 Å². The summed E-state index contributed by atoms with van der Waals surface area (Å²) >= 11 is 1.68. The van der Waals surface area contributed by atoms with Crippen molar-refractivity contribution in [3.63, 3.8) is 0 Å². The fourth-order valence-corrected chi connectivity index (χ4v) is 3.48. The first-order valence-corrected chi connectivity index (χ1v) is 6.97. The maximum absolute atomic E-state index is 11.5. The molecule has 2 aliphatic heterocycles. The zero-order valence-corrected chi connectivity index (χ0v) is 12.3. The Kier molecular flexibility index (Phi) is 4.06. The summed E-state index contributed by atoms with van der Waals surface area (Å²) in [5, 5.41) is 9.49. The third kappa shape index (κ3) is 2.41. The van der Waals surface area contributed by atoms with E-state index in [1.54, 1.807) is 41.3 Å². The molecule has 0 bridgehead atoms. The zero-order chi connectivity index (χ0) is 13.6. The fraction of sp³-hybridized carbons (Fsp3) is 0.308. The van der Waals surface area contributed by atoms with Crippen LogP contribution in [0.25, 0.3) is 5.57 Å². The van der Waals surface area contributed by atoms with Gasteiger partial charge >= 0.3 is 5.97 Å². The van der Waals surface area contributed by atoms with Gasteiger partial charge in [0.05, 0.1) is 22.9 Å². The maximum Gasteiger partial charge on any atom is 0.336 e. The second-order valence-corrected chi connectivity index (χ2v) is 5.83. The Bertz CT molecular complexity index is 618. The molecule has 1 aromatic heterocycles. The number of halogens is 1. The third-order valence-electron chi connectivity index (χ3n) is 3.35. The van der Waals surface area contributed by atoms with Gasteiger partial charge in [0.25, 0.3) is 0 Å². The number of carbonyl (C=O) groups excluding carboxylic acids is 1. The van der Waals surface area contributed by atoms with Crippen molar-refractivity contribution in [1.82, 2.24) is 4.90 Å². The monoisotopic (exact) mass is 312 g/mol. The van der Waals surface area contributed by atoms with E-state index in [4.69, 9.17) is 0 Å². The summed E-state index contributed by atoms with van der Waals surface area (Å²) in [7, 11) is 1.85. The molecule has 1 aromatic rings. The van der Waals surface area contributed by atoms with Crippen LogP contribution in [-0.2, 0) is 11.8 Å². The number of aromatic carboxylic acids is 1. The topological polar surface area (TPSA) is 61.5 Å². The molecule has 3 rings (SSSR count). The molecule has 0 aromatic carbocycles. The molecular weight excluding hydrogens is 300 g/mol. The van der Waals surface area contributed by atoms with Crippen LogP contribution in [0.4, 0.5) is 0 Å². The highest BCUT2D eigenvalue weighted by molar-refractivity contribution is 8.00. The normalized spacial score (nSPS) is 20.4. The Morgan fingerprint density at radius 2 is 2.30 bits per heavy atom. The van der Waals surface area contributed by atoms with Crippen molar-refractivity contribution in [3.8, 4) is 0 Å². The van der Waals surface area contributed by atoms with Gasteiger partial charge in [0.2, 0.25) is 5.91 Å². The molecule has 0 aliphatic carbocycles. The minimum atomic E-state index is -0.946. The molecule has 106 valence electrons. The number of rotatable bonds is 2. The van der Waals surface area contributed by atoms with E-state index >= 15 is 0 Å². The summed E-state index contributed by atoms with van der Waals surface area (Å²) in [6, 6.07) is 1.59. The molecule has 1 N–H and O–H groups in total. The highest BCUT2D eigenvalue weighted by Crippen LogP contribution is 2.38. The van der Waals surface area contributed by atoms with Gasteiger partial charge in [-0.3, -0.25) is 4.79 Å². The van der Waals surface area contributed by atoms with Gasteiger partial charge in [0.15, 0.2) is 12.4 Å². The zero-order valence-electron chi connectivity index (χ0n) is 10.7. The van der Waals surface area contributed by atoms with Gasteiger partial charge in [-0.05, 0) is 5.57 Å². The van der Waals surface area contributed by atoms with E-state index < -0.39 is 5.97 Å². The molecule has 0 saturated carbocycles. The van der Waals surface area contributed by atoms with Crippen LogP contribution in [-0.4, -0.2) is 33.0 Å². The summed E-state index contributed by atoms with van der Waals surface area (Å²) in [6.45, 7) is 0. The van der Waals surface area contributed by atoms with E-state index in [-0.39, 0.29) is 29.3 Å². The largest absolute Gasteiger partial charge is 1.00 e. The number of thioether (sulfide) groups is 1. The summed E-state index contributed by atoms with van der Waals surface area (Å²) in [5.74, 6) is -0.107. The number of carbonyl (C=O) groups is 2. The quantitative estimate of drug-likeness (QED) is 0.500. The van der Waals surface area contributed by atoms with E-state index in [0.29, 0.717) is 12.0 Å². The second kappa shape index (κ2) is 5.46. The maximum atomic E-state index is 11.5. The van der Waals surface area contributed by atoms with Crippen molar-refractivity contribution >= 4 is 29.2 Å². The lowest BCUT2D eigenvalue weighted by Crippen LogP contribution is -3.00. The first-order valence-electron chi connectivity index (χ1n) is 5.92. The minimum Gasteiger partial charge on any atom is -1.00 e. The number of carboxylic acid groups (broad SMARTS) is 1. The summed E-state index contributed by atoms with van der Waals surface area (Å²) < 4.78 is 1.82. The molecule has 5 nitrogen and oxygen atoms in total. The van der Waals surface area contributed by atoms with Gasteiger partial charge in [-0.15, -0.1) is 11.8 Å². The minimum absolute atomic E-state index is 0. The van der Waals surface area contributed by atoms with Crippen molar-refractivity contribution in [3.05, 3.63) is 35.8 Å². The first kappa shape index (κ1) is 14.9. The first-order chi connectivity index (χ1) is 9.06. The summed E-state index contributed by atoms with van der Waals surface area (Å²) in [5.41, 5.74) is 1.85. The average molecular weight is 313 g/mol. The van der Waals surface area contributed by atoms with Gasteiger partial charge in [-0.1, -0.05) is 0 Å². The predicted octanol–water partition coefficient (Wildman–Crippen LogP) is -2.14. The van der Waals surface area contributed by atoms with E-state index in [0.717, 1.165) is 11.3 Å². The Balaban J connectivity index is 0.00000147. The van der Waals surface area contributed by atoms with Crippen LogP contribution in [0.15, 0.2) is 24.7 Å². The molecular formula is C13H13ClN2O3S. The number of pyridine rings is 1. The van der Waals surface area contributed by atoms with E-state index in [1.807, 2.05) is 11.6 Å². The Morgan fingerprint density at radius 3 is 2.95 bits per heavy atom. The van der Waals surface area contributed by atoms with Crippen LogP contribution >= 0.6 is 11.8 Å². The molecule has 1 amide bonds. The number of aryl methyl sites for hydroxylation is 1. The third-order valence-corrected chi connectivity index (χ3v) is 4.61. The highest BCUT2D eigenvalue weighted by atomic mass is 35.5. The molecule has 20 heavy (non-hydrogen) atoms. The lowest BCUT2D eigenvalue weighted by Gasteiger charge is -2.41. The van der Waals surface area contributed by atoms with Crippen molar-refractivity contribution < 1.29 is 31.7 Å². The molecule has 0 spiro atoms. The number of hydrogen-bond acceptors (Lipinski definition) is 3. The van der Waals surface area contributed by atoms with Crippen molar-refractivity contribution in [1.29, 1.82) is 0 Å².